The van der Waals surface area contributed by atoms with Gasteiger partial charge in [-0.3, -0.25) is 4.90 Å². The number of nitrogens with zero attached hydrogens (tertiary/aromatic N) is 4. The molecule has 4 heterocycles. The number of hydrogen-bond donors (Lipinski definition) is 2. The minimum atomic E-state index is -0.278. The Labute approximate surface area is 436 Å². The van der Waals surface area contributed by atoms with Crippen LogP contribution in [0.1, 0.15) is 44.5 Å². The Morgan fingerprint density at radius 1 is 0.352 bits per heavy atom. The number of fused-ring (bicyclic) bond motifs is 8. The van der Waals surface area contributed by atoms with Gasteiger partial charge in [0, 0.05) is 45.5 Å². The van der Waals surface area contributed by atoms with E-state index >= 15 is 0 Å². The minimum Gasteiger partial charge on any atom is -0.381 e. The third-order valence-corrected chi connectivity index (χ3v) is 13.8. The smallest absolute Gasteiger partial charge is 0.117 e. The predicted octanol–water partition coefficient (Wildman–Crippen LogP) is 15.4. The molecule has 12 rings (SSSR count). The molecule has 0 saturated heterocycles. The first-order valence-corrected chi connectivity index (χ1v) is 26.2. The molecule has 0 bridgehead atoms. The number of nitrogens with one attached hydrogen (secondary N) is 1. The van der Waals surface area contributed by atoms with Crippen LogP contribution in [0, 0.1) is 0 Å². The number of halogens is 3. The summed E-state index contributed by atoms with van der Waals surface area (Å²) in [6.45, 7) is 0.911. The minimum absolute atomic E-state index is 0.278. The van der Waals surface area contributed by atoms with Gasteiger partial charge in [0.25, 0.3) is 0 Å². The third kappa shape index (κ3) is 12.8. The second-order valence-corrected chi connectivity index (χ2v) is 18.8. The summed E-state index contributed by atoms with van der Waals surface area (Å²) in [5.74, 6) is 0. The summed E-state index contributed by atoms with van der Waals surface area (Å²) in [6, 6.07) is 69.4. The number of aryl methyl sites for hydroxylation is 8. The van der Waals surface area contributed by atoms with E-state index in [2.05, 4.69) is 245 Å². The van der Waals surface area contributed by atoms with Crippen molar-refractivity contribution in [2.24, 2.45) is 0 Å². The molecule has 8 aromatic carbocycles. The van der Waals surface area contributed by atoms with Crippen molar-refractivity contribution in [2.45, 2.75) is 51.4 Å². The largest absolute Gasteiger partial charge is 0.381 e. The molecule has 0 aromatic heterocycles. The molecule has 0 fully saturated rings. The summed E-state index contributed by atoms with van der Waals surface area (Å²) in [7, 11) is 4.24. The Morgan fingerprint density at radius 2 is 0.563 bits per heavy atom. The van der Waals surface area contributed by atoms with Crippen LogP contribution in [0.2, 0.25) is 0 Å². The van der Waals surface area contributed by atoms with Gasteiger partial charge in [0.1, 0.15) is 6.07 Å². The van der Waals surface area contributed by atoms with E-state index in [-0.39, 0.29) is 6.07 Å². The summed E-state index contributed by atoms with van der Waals surface area (Å²) in [4.78, 5) is 9.04. The molecular weight excluding hydrogens is 937 g/mol. The molecule has 4 aliphatic rings. The molecule has 0 spiro atoms. The molecule has 0 amide bonds. The van der Waals surface area contributed by atoms with Gasteiger partial charge in [0.15, 0.2) is 0 Å². The third-order valence-electron chi connectivity index (χ3n) is 13.3. The number of anilines is 8. The highest BCUT2D eigenvalue weighted by atomic mass is 35.5. The summed E-state index contributed by atoms with van der Waals surface area (Å²) >= 11 is 16.8. The number of alkyl halides is 3. The van der Waals surface area contributed by atoms with Gasteiger partial charge in [-0.25, -0.2) is 0 Å². The van der Waals surface area contributed by atoms with Crippen LogP contribution < -0.4 is 20.0 Å². The maximum atomic E-state index is 7.33. The molecule has 6 nitrogen and oxygen atoms in total. The zero-order valence-electron chi connectivity index (χ0n) is 40.8. The molecular formula is C62H64Cl3N5O. The lowest BCUT2D eigenvalue weighted by atomic mass is 10.0. The van der Waals surface area contributed by atoms with Crippen molar-refractivity contribution >= 4 is 80.3 Å². The van der Waals surface area contributed by atoms with Crippen LogP contribution in [-0.4, -0.2) is 48.8 Å². The monoisotopic (exact) mass is 999 g/mol. The summed E-state index contributed by atoms with van der Waals surface area (Å²) in [6.07, 6.45) is 8.83. The van der Waals surface area contributed by atoms with E-state index < -0.39 is 0 Å². The highest BCUT2D eigenvalue weighted by molar-refractivity contribution is 6.20. The number of para-hydroxylation sites is 8. The van der Waals surface area contributed by atoms with E-state index in [1.165, 1.54) is 90.0 Å². The van der Waals surface area contributed by atoms with Crippen molar-refractivity contribution in [3.05, 3.63) is 239 Å². The van der Waals surface area contributed by atoms with Crippen molar-refractivity contribution in [3.63, 3.8) is 0 Å². The number of aliphatic hydroxyl groups excluding tert-OH is 1. The Hall–Kier alpha value is -6.25. The highest BCUT2D eigenvalue weighted by Crippen LogP contribution is 2.39. The van der Waals surface area contributed by atoms with Gasteiger partial charge >= 0.3 is 0 Å². The SMILES string of the molecule is CN(C)CN1c2ccccc2CCc2ccccc21.ClCN1c2ccccc2CCc2ccccc21.ClCN1c2ccccc2CCc2ccccc21.OCCl.c1ccc2c(c1)CCc1ccccc1N2. The molecule has 0 saturated carbocycles. The first-order chi connectivity index (χ1) is 34.9. The van der Waals surface area contributed by atoms with Gasteiger partial charge in [0.2, 0.25) is 0 Å². The normalized spacial score (nSPS) is 13.4. The molecule has 0 unspecified atom stereocenters. The van der Waals surface area contributed by atoms with Gasteiger partial charge in [-0.2, -0.15) is 0 Å². The second-order valence-electron chi connectivity index (χ2n) is 18.1. The lowest BCUT2D eigenvalue weighted by Gasteiger charge is -2.29. The summed E-state index contributed by atoms with van der Waals surface area (Å²) in [5.41, 5.74) is 21.4. The number of benzene rings is 8. The van der Waals surface area contributed by atoms with Gasteiger partial charge < -0.3 is 25.1 Å². The average Bonchev–Trinajstić information content (AvgIpc) is 3.85. The maximum absolute atomic E-state index is 7.33. The topological polar surface area (TPSA) is 45.2 Å². The lowest BCUT2D eigenvalue weighted by Crippen LogP contribution is -2.30. The number of hydrogen-bond acceptors (Lipinski definition) is 6. The van der Waals surface area contributed by atoms with Crippen LogP contribution >= 0.6 is 34.8 Å². The summed E-state index contributed by atoms with van der Waals surface area (Å²) < 4.78 is 0. The zero-order chi connectivity index (χ0) is 49.4. The van der Waals surface area contributed by atoms with E-state index in [0.717, 1.165) is 58.0 Å². The van der Waals surface area contributed by atoms with E-state index in [9.17, 15) is 0 Å². The van der Waals surface area contributed by atoms with Gasteiger partial charge in [-0.15, -0.1) is 23.2 Å². The van der Waals surface area contributed by atoms with Crippen LogP contribution in [0.15, 0.2) is 194 Å². The number of aliphatic hydroxyl groups is 1. The molecule has 9 heteroatoms. The summed E-state index contributed by atoms with van der Waals surface area (Å²) in [5, 5.41) is 10.8. The average molecular weight is 1000 g/mol. The fraction of sp³-hybridized carbons (Fsp3) is 0.226. The first kappa shape index (κ1) is 51.1. The van der Waals surface area contributed by atoms with Gasteiger partial charge in [0.05, 0.1) is 18.7 Å². The van der Waals surface area contributed by atoms with Crippen molar-refractivity contribution in [2.75, 3.05) is 58.9 Å². The van der Waals surface area contributed by atoms with E-state index in [0.29, 0.717) is 12.0 Å². The quantitative estimate of drug-likeness (QED) is 0.135. The van der Waals surface area contributed by atoms with Gasteiger partial charge in [-0.1, -0.05) is 157 Å². The van der Waals surface area contributed by atoms with E-state index in [1.54, 1.807) is 0 Å². The number of rotatable bonds is 4. The van der Waals surface area contributed by atoms with Crippen LogP contribution in [-0.2, 0) is 51.4 Å². The lowest BCUT2D eigenvalue weighted by molar-refractivity contribution is 0.370. The van der Waals surface area contributed by atoms with Crippen molar-refractivity contribution in [3.8, 4) is 0 Å². The molecule has 71 heavy (non-hydrogen) atoms. The fourth-order valence-corrected chi connectivity index (χ4v) is 10.5. The second kappa shape index (κ2) is 25.7. The molecule has 0 aliphatic carbocycles. The predicted molar refractivity (Wildman–Crippen MR) is 304 cm³/mol. The van der Waals surface area contributed by atoms with Crippen LogP contribution in [0.4, 0.5) is 45.5 Å². The molecule has 0 atom stereocenters. The molecule has 364 valence electrons. The first-order valence-electron chi connectivity index (χ1n) is 24.6. The highest BCUT2D eigenvalue weighted by Gasteiger charge is 2.22. The Kier molecular flexibility index (Phi) is 18.5. The Morgan fingerprint density at radius 3 is 0.817 bits per heavy atom. The van der Waals surface area contributed by atoms with Gasteiger partial charge in [-0.05, 0) is 159 Å². The Balaban J connectivity index is 0.000000125. The van der Waals surface area contributed by atoms with Crippen molar-refractivity contribution in [1.82, 2.24) is 4.90 Å². The van der Waals surface area contributed by atoms with Crippen LogP contribution in [0.3, 0.4) is 0 Å². The fourth-order valence-electron chi connectivity index (χ4n) is 9.94. The van der Waals surface area contributed by atoms with E-state index in [4.69, 9.17) is 28.3 Å². The molecule has 2 N–H and O–H groups in total. The molecule has 0 radical (unpaired) electrons. The van der Waals surface area contributed by atoms with Crippen molar-refractivity contribution < 1.29 is 5.11 Å². The van der Waals surface area contributed by atoms with Crippen molar-refractivity contribution in [1.29, 1.82) is 0 Å². The molecule has 8 aromatic rings. The molecule has 4 aliphatic heterocycles. The van der Waals surface area contributed by atoms with E-state index in [1.807, 2.05) is 0 Å². The zero-order valence-corrected chi connectivity index (χ0v) is 43.1. The Bertz CT molecular complexity index is 2670. The standard InChI is InChI=1S/C17H20N2.2C15H14ClN.C14H13N.CH3ClO/c1-18(2)13-19-16-9-5-3-7-14(16)11-12-15-8-4-6-10-17(15)19;2*16-11-17-14-7-3-1-5-12(14)9-10-13-6-2-4-8-15(13)17;1-3-7-13-11(5-1)9-10-12-6-2-4-8-14(12)15-13;2-1-3/h3-10H,11-13H2,1-2H3;2*1-8H,9-11H2;1-8,15H,9-10H2;3H,1H2. The van der Waals surface area contributed by atoms with Crippen LogP contribution in [0.5, 0.6) is 0 Å². The maximum Gasteiger partial charge on any atom is 0.117 e. The van der Waals surface area contributed by atoms with Crippen LogP contribution in [0.25, 0.3) is 0 Å².